The topological polar surface area (TPSA) is 156 Å². The molecule has 1 amide bonds. The van der Waals surface area contributed by atoms with Crippen LogP contribution in [0.25, 0.3) is 0 Å². The van der Waals surface area contributed by atoms with Crippen LogP contribution in [0.1, 0.15) is 51.8 Å². The number of nitrogens with zero attached hydrogens (tertiary/aromatic N) is 4. The van der Waals surface area contributed by atoms with Gasteiger partial charge in [-0.15, -0.1) is 0 Å². The van der Waals surface area contributed by atoms with Crippen LogP contribution in [0.15, 0.2) is 71.9 Å². The fourth-order valence-corrected chi connectivity index (χ4v) is 5.79. The molecule has 1 atom stereocenters. The van der Waals surface area contributed by atoms with E-state index < -0.39 is 38.9 Å². The van der Waals surface area contributed by atoms with Gasteiger partial charge in [-0.3, -0.25) is 9.69 Å². The fourth-order valence-electron chi connectivity index (χ4n) is 4.21. The van der Waals surface area contributed by atoms with Crippen molar-refractivity contribution in [1.29, 1.82) is 0 Å². The Labute approximate surface area is 247 Å². The summed E-state index contributed by atoms with van der Waals surface area (Å²) >= 11 is 0. The van der Waals surface area contributed by atoms with Gasteiger partial charge in [-0.2, -0.15) is 0 Å². The zero-order valence-electron chi connectivity index (χ0n) is 24.6. The highest BCUT2D eigenvalue weighted by Crippen LogP contribution is 2.34. The van der Waals surface area contributed by atoms with Gasteiger partial charge in [0.25, 0.3) is 0 Å². The summed E-state index contributed by atoms with van der Waals surface area (Å²) in [6, 6.07) is 16.2. The maximum Gasteiger partial charge on any atom is 0.416 e. The highest BCUT2D eigenvalue weighted by Gasteiger charge is 2.45. The molecule has 226 valence electrons. The Balaban J connectivity index is 2.11. The van der Waals surface area contributed by atoms with Crippen LogP contribution in [0.5, 0.6) is 0 Å². The molecule has 0 aliphatic rings. The van der Waals surface area contributed by atoms with Crippen molar-refractivity contribution >= 4 is 33.4 Å². The zero-order chi connectivity index (χ0) is 31.1. The Bertz CT molecular complexity index is 1480. The summed E-state index contributed by atoms with van der Waals surface area (Å²) in [7, 11) is -2.37. The number of ether oxygens (including phenoxy) is 1. The molecular formula is C30H39N5O6S. The molecule has 1 aromatic carbocycles. The van der Waals surface area contributed by atoms with Crippen molar-refractivity contribution < 1.29 is 27.9 Å². The van der Waals surface area contributed by atoms with Crippen LogP contribution in [0, 0.1) is 0 Å². The van der Waals surface area contributed by atoms with Gasteiger partial charge in [0.15, 0.2) is 9.90 Å². The lowest BCUT2D eigenvalue weighted by Crippen LogP contribution is -2.48. The third kappa shape index (κ3) is 7.83. The van der Waals surface area contributed by atoms with Crippen LogP contribution in [0.2, 0.25) is 0 Å². The average molecular weight is 598 g/mol. The number of pyridine rings is 2. The molecule has 0 spiro atoms. The number of carbonyl (C=O) groups excluding carboxylic acids is 1. The van der Waals surface area contributed by atoms with Crippen LogP contribution < -0.4 is 15.5 Å². The predicted molar refractivity (Wildman–Crippen MR) is 161 cm³/mol. The summed E-state index contributed by atoms with van der Waals surface area (Å²) in [5.74, 6) is -1.43. The van der Waals surface area contributed by atoms with E-state index in [4.69, 9.17) is 10.5 Å². The van der Waals surface area contributed by atoms with Crippen LogP contribution in [-0.2, 0) is 30.7 Å². The van der Waals surface area contributed by atoms with Gasteiger partial charge >= 0.3 is 12.1 Å². The molecular weight excluding hydrogens is 558 g/mol. The highest BCUT2D eigenvalue weighted by molar-refractivity contribution is 7.92. The first-order chi connectivity index (χ1) is 19.7. The van der Waals surface area contributed by atoms with Gasteiger partial charge in [0.2, 0.25) is 9.84 Å². The van der Waals surface area contributed by atoms with E-state index in [1.165, 1.54) is 30.5 Å². The Morgan fingerprint density at radius 1 is 1.02 bits per heavy atom. The molecule has 0 bridgehead atoms. The second-order valence-electron chi connectivity index (χ2n) is 11.0. The van der Waals surface area contributed by atoms with Crippen LogP contribution in [0.3, 0.4) is 0 Å². The summed E-state index contributed by atoms with van der Waals surface area (Å²) in [4.78, 5) is 33.9. The zero-order valence-corrected chi connectivity index (χ0v) is 25.5. The van der Waals surface area contributed by atoms with Gasteiger partial charge in [-0.1, -0.05) is 37.6 Å². The molecule has 3 N–H and O–H groups in total. The van der Waals surface area contributed by atoms with E-state index in [1.54, 1.807) is 32.9 Å². The molecule has 0 saturated heterocycles. The Hall–Kier alpha value is -4.03. The molecule has 0 radical (unpaired) electrons. The number of unbranched alkanes of at least 4 members (excludes halogenated alkanes) is 1. The van der Waals surface area contributed by atoms with E-state index in [9.17, 15) is 23.1 Å². The number of nitrogens with two attached hydrogens (primary N) is 1. The van der Waals surface area contributed by atoms with Crippen LogP contribution in [-0.4, -0.2) is 61.3 Å². The third-order valence-corrected chi connectivity index (χ3v) is 8.54. The first-order valence-electron chi connectivity index (χ1n) is 13.6. The maximum atomic E-state index is 14.1. The molecule has 42 heavy (non-hydrogen) atoms. The van der Waals surface area contributed by atoms with Crippen molar-refractivity contribution in [2.75, 3.05) is 29.9 Å². The molecule has 0 aliphatic carbocycles. The third-order valence-electron chi connectivity index (χ3n) is 6.44. The quantitative estimate of drug-likeness (QED) is 0.307. The highest BCUT2D eigenvalue weighted by atomic mass is 32.2. The van der Waals surface area contributed by atoms with Crippen molar-refractivity contribution in [2.45, 2.75) is 62.5 Å². The molecule has 12 heteroatoms. The minimum atomic E-state index is -4.36. The number of sulfone groups is 1. The number of aromatic nitrogens is 2. The minimum Gasteiger partial charge on any atom is -0.480 e. The van der Waals surface area contributed by atoms with Gasteiger partial charge < -0.3 is 20.5 Å². The first kappa shape index (κ1) is 32.5. The lowest BCUT2D eigenvalue weighted by Gasteiger charge is -2.30. The molecule has 3 aromatic rings. The standard InChI is InChI=1S/C30H39N5O6S/c1-6-7-19-34(5)23-16-14-22(15-17-23)20-30(31,42(39,40)26-13-8-9-18-32-26)24-11-10-12-25(33-24)35(21-27(36)37)28(38)41-29(2,3)4/h8-18H,6-7,19-21,31H2,1-5H3,(H,36,37). The van der Waals surface area contributed by atoms with E-state index in [-0.39, 0.29) is 23.0 Å². The van der Waals surface area contributed by atoms with Crippen molar-refractivity contribution in [3.63, 3.8) is 0 Å². The molecule has 1 unspecified atom stereocenters. The molecule has 0 aliphatic heterocycles. The van der Waals surface area contributed by atoms with Gasteiger partial charge in [0, 0.05) is 31.9 Å². The number of hydrogen-bond acceptors (Lipinski definition) is 9. The van der Waals surface area contributed by atoms with Gasteiger partial charge in [-0.25, -0.2) is 23.2 Å². The molecule has 11 nitrogen and oxygen atoms in total. The fraction of sp³-hybridized carbons (Fsp3) is 0.400. The molecule has 3 rings (SSSR count). The number of rotatable bonds is 12. The number of carboxylic acids is 1. The first-order valence-corrected chi connectivity index (χ1v) is 15.1. The lowest BCUT2D eigenvalue weighted by atomic mass is 10.0. The van der Waals surface area contributed by atoms with E-state index in [0.29, 0.717) is 5.56 Å². The largest absolute Gasteiger partial charge is 0.480 e. The van der Waals surface area contributed by atoms with E-state index in [2.05, 4.69) is 21.8 Å². The lowest BCUT2D eigenvalue weighted by molar-refractivity contribution is -0.135. The smallest absolute Gasteiger partial charge is 0.416 e. The van der Waals surface area contributed by atoms with Crippen LogP contribution in [0.4, 0.5) is 16.3 Å². The minimum absolute atomic E-state index is 0.0891. The van der Waals surface area contributed by atoms with Crippen molar-refractivity contribution in [2.24, 2.45) is 5.73 Å². The Morgan fingerprint density at radius 2 is 1.71 bits per heavy atom. The number of anilines is 2. The van der Waals surface area contributed by atoms with Gasteiger partial charge in [0.05, 0.1) is 5.69 Å². The Morgan fingerprint density at radius 3 is 2.29 bits per heavy atom. The number of carbonyl (C=O) groups is 2. The molecule has 2 aromatic heterocycles. The number of hydrogen-bond donors (Lipinski definition) is 2. The summed E-state index contributed by atoms with van der Waals surface area (Å²) in [6.45, 7) is 7.17. The van der Waals surface area contributed by atoms with Gasteiger partial charge in [-0.05, 0) is 69.2 Å². The predicted octanol–water partition coefficient (Wildman–Crippen LogP) is 4.37. The van der Waals surface area contributed by atoms with E-state index >= 15 is 0 Å². The monoisotopic (exact) mass is 597 g/mol. The summed E-state index contributed by atoms with van der Waals surface area (Å²) in [5, 5.41) is 9.25. The second kappa shape index (κ2) is 13.3. The van der Waals surface area contributed by atoms with Crippen molar-refractivity contribution in [1.82, 2.24) is 9.97 Å². The average Bonchev–Trinajstić information content (AvgIpc) is 2.94. The number of amides is 1. The van der Waals surface area contributed by atoms with Crippen molar-refractivity contribution in [3.05, 3.63) is 78.1 Å². The SMILES string of the molecule is CCCCN(C)c1ccc(CC(N)(c2cccc(N(CC(=O)O)C(=O)OC(C)(C)C)n2)S(=O)(=O)c2ccccn2)cc1. The molecule has 0 fully saturated rings. The number of aliphatic carboxylic acids is 1. The van der Waals surface area contributed by atoms with Crippen LogP contribution >= 0.6 is 0 Å². The Kier molecular flexibility index (Phi) is 10.3. The van der Waals surface area contributed by atoms with E-state index in [0.717, 1.165) is 30.0 Å². The molecule has 2 heterocycles. The second-order valence-corrected chi connectivity index (χ2v) is 13.2. The summed E-state index contributed by atoms with van der Waals surface area (Å²) in [5.41, 5.74) is 7.42. The van der Waals surface area contributed by atoms with Gasteiger partial charge in [0.1, 0.15) is 18.0 Å². The summed E-state index contributed by atoms with van der Waals surface area (Å²) < 4.78 is 33.6. The summed E-state index contributed by atoms with van der Waals surface area (Å²) in [6.07, 6.45) is 2.33. The maximum absolute atomic E-state index is 14.1. The number of carboxylic acid groups (broad SMARTS) is 1. The molecule has 0 saturated carbocycles. The number of benzene rings is 1. The normalized spacial score (nSPS) is 13.2. The van der Waals surface area contributed by atoms with E-state index in [1.807, 2.05) is 31.3 Å². The van der Waals surface area contributed by atoms with Crippen molar-refractivity contribution in [3.8, 4) is 0 Å².